The van der Waals surface area contributed by atoms with Gasteiger partial charge >= 0.3 is 11.8 Å². The molecule has 0 fully saturated rings. The van der Waals surface area contributed by atoms with Crippen molar-refractivity contribution >= 4 is 23.2 Å². The van der Waals surface area contributed by atoms with E-state index in [4.69, 9.17) is 4.74 Å². The van der Waals surface area contributed by atoms with Crippen molar-refractivity contribution in [3.8, 4) is 11.5 Å². The van der Waals surface area contributed by atoms with E-state index in [2.05, 4.69) is 10.6 Å². The van der Waals surface area contributed by atoms with E-state index in [1.807, 2.05) is 6.92 Å². The largest absolute Gasteiger partial charge is 0.506 e. The molecule has 6 heteroatoms. The van der Waals surface area contributed by atoms with Crippen LogP contribution < -0.4 is 15.4 Å². The lowest BCUT2D eigenvalue weighted by Gasteiger charge is -2.08. The molecular weight excluding hydrogens is 284 g/mol. The average molecular weight is 300 g/mol. The Bertz CT molecular complexity index is 668. The van der Waals surface area contributed by atoms with Crippen molar-refractivity contribution in [2.45, 2.75) is 6.92 Å². The van der Waals surface area contributed by atoms with Crippen LogP contribution in [0.2, 0.25) is 0 Å². The summed E-state index contributed by atoms with van der Waals surface area (Å²) in [6.07, 6.45) is 0. The number of phenols is 1. The third kappa shape index (κ3) is 3.99. The normalized spacial score (nSPS) is 9.86. The molecule has 2 rings (SSSR count). The molecule has 2 aromatic rings. The minimum atomic E-state index is -0.865. The first-order valence-corrected chi connectivity index (χ1v) is 6.73. The zero-order valence-electron chi connectivity index (χ0n) is 12.0. The number of ether oxygens (including phenoxy) is 1. The lowest BCUT2D eigenvalue weighted by atomic mass is 10.3. The molecule has 0 aliphatic carbocycles. The Balaban J connectivity index is 1.96. The molecule has 22 heavy (non-hydrogen) atoms. The molecule has 0 bridgehead atoms. The second-order valence-electron chi connectivity index (χ2n) is 4.38. The molecule has 0 atom stereocenters. The summed E-state index contributed by atoms with van der Waals surface area (Å²) in [6.45, 7) is 2.42. The molecule has 114 valence electrons. The predicted octanol–water partition coefficient (Wildman–Crippen LogP) is 2.37. The van der Waals surface area contributed by atoms with Gasteiger partial charge < -0.3 is 20.5 Å². The number of benzene rings is 2. The maximum atomic E-state index is 11.8. The zero-order valence-corrected chi connectivity index (χ0v) is 12.0. The molecule has 0 aromatic heterocycles. The van der Waals surface area contributed by atoms with Crippen molar-refractivity contribution in [2.24, 2.45) is 0 Å². The highest BCUT2D eigenvalue weighted by Gasteiger charge is 2.15. The minimum Gasteiger partial charge on any atom is -0.506 e. The van der Waals surface area contributed by atoms with Crippen molar-refractivity contribution in [3.05, 3.63) is 48.5 Å². The van der Waals surface area contributed by atoms with E-state index in [0.717, 1.165) is 0 Å². The van der Waals surface area contributed by atoms with Crippen molar-refractivity contribution in [1.82, 2.24) is 0 Å². The number of aromatic hydroxyl groups is 1. The van der Waals surface area contributed by atoms with Gasteiger partial charge in [-0.3, -0.25) is 9.59 Å². The molecule has 0 saturated heterocycles. The summed E-state index contributed by atoms with van der Waals surface area (Å²) < 4.78 is 5.29. The van der Waals surface area contributed by atoms with Crippen LogP contribution in [0.5, 0.6) is 11.5 Å². The maximum absolute atomic E-state index is 11.8. The van der Waals surface area contributed by atoms with Crippen LogP contribution in [0.3, 0.4) is 0 Å². The first-order chi connectivity index (χ1) is 10.6. The summed E-state index contributed by atoms with van der Waals surface area (Å²) >= 11 is 0. The van der Waals surface area contributed by atoms with Crippen LogP contribution in [0, 0.1) is 0 Å². The minimum absolute atomic E-state index is 0.107. The van der Waals surface area contributed by atoms with E-state index in [-0.39, 0.29) is 11.4 Å². The number of rotatable bonds is 4. The summed E-state index contributed by atoms with van der Waals surface area (Å²) in [5.74, 6) is -1.12. The molecule has 0 spiro atoms. The Kier molecular flexibility index (Phi) is 4.98. The van der Waals surface area contributed by atoms with Crippen LogP contribution in [0.25, 0.3) is 0 Å². The van der Waals surface area contributed by atoms with Crippen LogP contribution in [0.4, 0.5) is 11.4 Å². The van der Waals surface area contributed by atoms with Crippen LogP contribution in [-0.4, -0.2) is 23.5 Å². The zero-order chi connectivity index (χ0) is 15.9. The monoisotopic (exact) mass is 300 g/mol. The SMILES string of the molecule is CCOc1ccc(NC(=O)C(=O)Nc2ccccc2O)cc1. The first kappa shape index (κ1) is 15.4. The molecule has 0 unspecified atom stereocenters. The van der Waals surface area contributed by atoms with Gasteiger partial charge in [0.05, 0.1) is 12.3 Å². The third-order valence-electron chi connectivity index (χ3n) is 2.78. The van der Waals surface area contributed by atoms with Crippen molar-refractivity contribution < 1.29 is 19.4 Å². The number of hydrogen-bond acceptors (Lipinski definition) is 4. The Morgan fingerprint density at radius 3 is 2.27 bits per heavy atom. The second kappa shape index (κ2) is 7.12. The van der Waals surface area contributed by atoms with Gasteiger partial charge in [0.2, 0.25) is 0 Å². The number of carbonyl (C=O) groups excluding carboxylic acids is 2. The molecular formula is C16H16N2O4. The highest BCUT2D eigenvalue weighted by molar-refractivity contribution is 6.43. The van der Waals surface area contributed by atoms with Crippen molar-refractivity contribution in [1.29, 1.82) is 0 Å². The topological polar surface area (TPSA) is 87.7 Å². The summed E-state index contributed by atoms with van der Waals surface area (Å²) in [4.78, 5) is 23.6. The molecule has 6 nitrogen and oxygen atoms in total. The van der Waals surface area contributed by atoms with E-state index in [9.17, 15) is 14.7 Å². The lowest BCUT2D eigenvalue weighted by Crippen LogP contribution is -2.29. The molecule has 3 N–H and O–H groups in total. The summed E-state index contributed by atoms with van der Waals surface area (Å²) in [5.41, 5.74) is 0.648. The molecule has 0 saturated carbocycles. The summed E-state index contributed by atoms with van der Waals surface area (Å²) in [7, 11) is 0. The number of hydrogen-bond donors (Lipinski definition) is 3. The van der Waals surface area contributed by atoms with Crippen molar-refractivity contribution in [2.75, 3.05) is 17.2 Å². The van der Waals surface area contributed by atoms with Gasteiger partial charge in [-0.15, -0.1) is 0 Å². The average Bonchev–Trinajstić information content (AvgIpc) is 2.51. The van der Waals surface area contributed by atoms with E-state index in [1.165, 1.54) is 12.1 Å². The van der Waals surface area contributed by atoms with Gasteiger partial charge in [0.25, 0.3) is 0 Å². The fourth-order valence-corrected chi connectivity index (χ4v) is 1.75. The lowest BCUT2D eigenvalue weighted by molar-refractivity contribution is -0.133. The van der Waals surface area contributed by atoms with Gasteiger partial charge in [-0.25, -0.2) is 0 Å². The van der Waals surface area contributed by atoms with E-state index >= 15 is 0 Å². The van der Waals surface area contributed by atoms with Gasteiger partial charge in [-0.2, -0.15) is 0 Å². The van der Waals surface area contributed by atoms with Crippen LogP contribution in [0.1, 0.15) is 6.92 Å². The van der Waals surface area contributed by atoms with Gasteiger partial charge in [0, 0.05) is 5.69 Å². The first-order valence-electron chi connectivity index (χ1n) is 6.73. The molecule has 0 aliphatic heterocycles. The quantitative estimate of drug-likeness (QED) is 0.597. The number of amides is 2. The van der Waals surface area contributed by atoms with Gasteiger partial charge in [-0.1, -0.05) is 12.1 Å². The fraction of sp³-hybridized carbons (Fsp3) is 0.125. The standard InChI is InChI=1S/C16H16N2O4/c1-2-22-12-9-7-11(8-10-12)17-15(20)16(21)18-13-5-3-4-6-14(13)19/h3-10,19H,2H2,1H3,(H,17,20)(H,18,21). The van der Waals surface area contributed by atoms with Crippen LogP contribution in [0.15, 0.2) is 48.5 Å². The van der Waals surface area contributed by atoms with E-state index < -0.39 is 11.8 Å². The van der Waals surface area contributed by atoms with Crippen LogP contribution >= 0.6 is 0 Å². The van der Waals surface area contributed by atoms with Gasteiger partial charge in [0.1, 0.15) is 11.5 Å². The highest BCUT2D eigenvalue weighted by atomic mass is 16.5. The molecule has 0 aliphatic rings. The predicted molar refractivity (Wildman–Crippen MR) is 83.0 cm³/mol. The molecule has 0 heterocycles. The molecule has 2 amide bonds. The van der Waals surface area contributed by atoms with Crippen LogP contribution in [-0.2, 0) is 9.59 Å². The summed E-state index contributed by atoms with van der Waals surface area (Å²) in [6, 6.07) is 12.8. The number of carbonyl (C=O) groups is 2. The Morgan fingerprint density at radius 2 is 1.64 bits per heavy atom. The third-order valence-corrected chi connectivity index (χ3v) is 2.78. The van der Waals surface area contributed by atoms with E-state index in [1.54, 1.807) is 36.4 Å². The number of nitrogens with one attached hydrogen (secondary N) is 2. The molecule has 2 aromatic carbocycles. The van der Waals surface area contributed by atoms with Gasteiger partial charge in [-0.05, 0) is 43.3 Å². The number of para-hydroxylation sites is 2. The fourth-order valence-electron chi connectivity index (χ4n) is 1.75. The Labute approximate surface area is 127 Å². The Morgan fingerprint density at radius 1 is 1.00 bits per heavy atom. The second-order valence-corrected chi connectivity index (χ2v) is 4.38. The van der Waals surface area contributed by atoms with Gasteiger partial charge in [0.15, 0.2) is 0 Å². The number of anilines is 2. The smallest absolute Gasteiger partial charge is 0.314 e. The summed E-state index contributed by atoms with van der Waals surface area (Å²) in [5, 5.41) is 14.4. The van der Waals surface area contributed by atoms with Crippen molar-refractivity contribution in [3.63, 3.8) is 0 Å². The van der Waals surface area contributed by atoms with E-state index in [0.29, 0.717) is 18.0 Å². The number of phenolic OH excluding ortho intramolecular Hbond substituents is 1. The highest BCUT2D eigenvalue weighted by Crippen LogP contribution is 2.21. The Hall–Kier alpha value is -3.02. The maximum Gasteiger partial charge on any atom is 0.314 e. The molecule has 0 radical (unpaired) electrons.